The number of rotatable bonds is 6. The van der Waals surface area contributed by atoms with E-state index in [1.54, 1.807) is 28.2 Å². The van der Waals surface area contributed by atoms with Gasteiger partial charge in [-0.15, -0.1) is 23.1 Å². The van der Waals surface area contributed by atoms with E-state index >= 15 is 0 Å². The third-order valence-corrected chi connectivity index (χ3v) is 5.30. The van der Waals surface area contributed by atoms with Gasteiger partial charge in [-0.1, -0.05) is 6.07 Å². The smallest absolute Gasteiger partial charge is 0.230 e. The summed E-state index contributed by atoms with van der Waals surface area (Å²) < 4.78 is 14.6. The summed E-state index contributed by atoms with van der Waals surface area (Å²) in [4.78, 5) is 13.9. The van der Waals surface area contributed by atoms with Gasteiger partial charge in [0, 0.05) is 11.9 Å². The molecule has 0 aliphatic heterocycles. The summed E-state index contributed by atoms with van der Waals surface area (Å²) in [5.74, 6) is -0.0499. The largest absolute Gasteiger partial charge is 0.350 e. The maximum absolute atomic E-state index is 12.8. The highest BCUT2D eigenvalue weighted by molar-refractivity contribution is 8.00. The highest BCUT2D eigenvalue weighted by atomic mass is 32.2. The molecule has 2 aromatic heterocycles. The number of thiophene rings is 1. The van der Waals surface area contributed by atoms with Crippen molar-refractivity contribution < 1.29 is 9.18 Å². The van der Waals surface area contributed by atoms with Crippen LogP contribution in [0.5, 0.6) is 0 Å². The number of hydrogen-bond acceptors (Lipinski definition) is 4. The molecular weight excluding hydrogens is 345 g/mol. The number of carbonyl (C=O) groups excluding carboxylic acids is 1. The molecule has 124 valence electrons. The Bertz CT molecular complexity index is 813. The summed E-state index contributed by atoms with van der Waals surface area (Å²) in [6.07, 6.45) is 0. The minimum atomic E-state index is -0.276. The number of nitrogens with zero attached hydrogens (tertiary/aromatic N) is 2. The van der Waals surface area contributed by atoms with Gasteiger partial charge in [-0.3, -0.25) is 9.48 Å². The topological polar surface area (TPSA) is 46.9 Å². The van der Waals surface area contributed by atoms with Crippen molar-refractivity contribution in [2.24, 2.45) is 7.05 Å². The van der Waals surface area contributed by atoms with Crippen LogP contribution in [0.1, 0.15) is 5.69 Å². The van der Waals surface area contributed by atoms with E-state index in [1.165, 1.54) is 23.9 Å². The first-order valence-corrected chi connectivity index (χ1v) is 9.20. The van der Waals surface area contributed by atoms with Crippen molar-refractivity contribution in [2.75, 3.05) is 5.75 Å². The van der Waals surface area contributed by atoms with Crippen LogP contribution in [0.3, 0.4) is 0 Å². The van der Waals surface area contributed by atoms with Crippen LogP contribution in [0.15, 0.2) is 52.7 Å². The summed E-state index contributed by atoms with van der Waals surface area (Å²) in [7, 11) is 1.87. The number of carbonyl (C=O) groups is 1. The maximum Gasteiger partial charge on any atom is 0.230 e. The fourth-order valence-corrected chi connectivity index (χ4v) is 3.55. The van der Waals surface area contributed by atoms with Crippen LogP contribution in [0.25, 0.3) is 10.6 Å². The summed E-state index contributed by atoms with van der Waals surface area (Å²) >= 11 is 3.02. The van der Waals surface area contributed by atoms with Crippen LogP contribution in [-0.4, -0.2) is 21.4 Å². The van der Waals surface area contributed by atoms with E-state index in [2.05, 4.69) is 10.4 Å². The Morgan fingerprint density at radius 1 is 1.33 bits per heavy atom. The first kappa shape index (κ1) is 16.7. The molecule has 1 aromatic carbocycles. The normalized spacial score (nSPS) is 10.8. The van der Waals surface area contributed by atoms with Crippen molar-refractivity contribution in [2.45, 2.75) is 11.4 Å². The van der Waals surface area contributed by atoms with Crippen LogP contribution < -0.4 is 5.32 Å². The van der Waals surface area contributed by atoms with Crippen LogP contribution >= 0.6 is 23.1 Å². The predicted molar refractivity (Wildman–Crippen MR) is 95.5 cm³/mol. The zero-order chi connectivity index (χ0) is 16.9. The number of aromatic nitrogens is 2. The molecular formula is C17H16FN3OS2. The second kappa shape index (κ2) is 7.63. The lowest BCUT2D eigenvalue weighted by Gasteiger charge is -2.05. The molecule has 2 heterocycles. The predicted octanol–water partition coefficient (Wildman–Crippen LogP) is 3.70. The van der Waals surface area contributed by atoms with Gasteiger partial charge in [0.15, 0.2) is 0 Å². The molecule has 24 heavy (non-hydrogen) atoms. The number of amides is 1. The standard InChI is InChI=1S/C17H16FN3OS2/c1-21-13(9-15(20-21)16-3-2-8-23-16)10-19-17(22)11-24-14-6-4-12(18)5-7-14/h2-9H,10-11H2,1H3,(H,19,22). The van der Waals surface area contributed by atoms with E-state index in [4.69, 9.17) is 0 Å². The lowest BCUT2D eigenvalue weighted by Crippen LogP contribution is -2.25. The number of halogens is 1. The summed E-state index contributed by atoms with van der Waals surface area (Å²) in [6, 6.07) is 12.1. The van der Waals surface area contributed by atoms with E-state index < -0.39 is 0 Å². The number of nitrogens with one attached hydrogen (secondary N) is 1. The molecule has 0 aliphatic rings. The number of benzene rings is 1. The van der Waals surface area contributed by atoms with Gasteiger partial charge >= 0.3 is 0 Å². The Morgan fingerprint density at radius 2 is 2.12 bits per heavy atom. The average molecular weight is 361 g/mol. The van der Waals surface area contributed by atoms with Gasteiger partial charge in [0.1, 0.15) is 11.5 Å². The molecule has 0 radical (unpaired) electrons. The van der Waals surface area contributed by atoms with Crippen LogP contribution in [0.4, 0.5) is 4.39 Å². The monoisotopic (exact) mass is 361 g/mol. The van der Waals surface area contributed by atoms with Crippen LogP contribution in [0, 0.1) is 5.82 Å². The lowest BCUT2D eigenvalue weighted by molar-refractivity contribution is -0.118. The fourth-order valence-electron chi connectivity index (χ4n) is 2.14. The zero-order valence-electron chi connectivity index (χ0n) is 13.0. The third-order valence-electron chi connectivity index (χ3n) is 3.40. The molecule has 1 amide bonds. The average Bonchev–Trinajstić information content (AvgIpc) is 3.22. The molecule has 0 atom stereocenters. The first-order valence-electron chi connectivity index (χ1n) is 7.33. The molecule has 0 saturated heterocycles. The molecule has 0 bridgehead atoms. The molecule has 0 unspecified atom stereocenters. The van der Waals surface area contributed by atoms with Gasteiger partial charge < -0.3 is 5.32 Å². The number of hydrogen-bond donors (Lipinski definition) is 1. The molecule has 0 aliphatic carbocycles. The van der Waals surface area contributed by atoms with Gasteiger partial charge in [0.2, 0.25) is 5.91 Å². The van der Waals surface area contributed by atoms with Crippen molar-refractivity contribution in [3.8, 4) is 10.6 Å². The van der Waals surface area contributed by atoms with Crippen molar-refractivity contribution >= 4 is 29.0 Å². The Labute approximate surface area is 147 Å². The van der Waals surface area contributed by atoms with E-state index in [0.717, 1.165) is 21.2 Å². The molecule has 3 aromatic rings. The molecule has 3 rings (SSSR count). The van der Waals surface area contributed by atoms with E-state index in [1.807, 2.05) is 30.6 Å². The third kappa shape index (κ3) is 4.24. The highest BCUT2D eigenvalue weighted by Gasteiger charge is 2.09. The van der Waals surface area contributed by atoms with Crippen molar-refractivity contribution in [3.63, 3.8) is 0 Å². The summed E-state index contributed by atoms with van der Waals surface area (Å²) in [5.41, 5.74) is 1.86. The van der Waals surface area contributed by atoms with E-state index in [-0.39, 0.29) is 11.7 Å². The Kier molecular flexibility index (Phi) is 5.32. The summed E-state index contributed by atoms with van der Waals surface area (Å²) in [5, 5.41) is 9.37. The van der Waals surface area contributed by atoms with Gasteiger partial charge in [0.05, 0.1) is 22.9 Å². The molecule has 7 heteroatoms. The molecule has 1 N–H and O–H groups in total. The van der Waals surface area contributed by atoms with Crippen molar-refractivity contribution in [1.29, 1.82) is 0 Å². The highest BCUT2D eigenvalue weighted by Crippen LogP contribution is 2.23. The first-order chi connectivity index (χ1) is 11.6. The quantitative estimate of drug-likeness (QED) is 0.681. The zero-order valence-corrected chi connectivity index (χ0v) is 14.7. The number of thioether (sulfide) groups is 1. The SMILES string of the molecule is Cn1nc(-c2cccs2)cc1CNC(=O)CSc1ccc(F)cc1. The van der Waals surface area contributed by atoms with Gasteiger partial charge in [0.25, 0.3) is 0 Å². The Morgan fingerprint density at radius 3 is 2.83 bits per heavy atom. The van der Waals surface area contributed by atoms with Gasteiger partial charge in [-0.25, -0.2) is 4.39 Å². The Hall–Kier alpha value is -2.12. The lowest BCUT2D eigenvalue weighted by atomic mass is 10.3. The van der Waals surface area contributed by atoms with Crippen molar-refractivity contribution in [1.82, 2.24) is 15.1 Å². The number of aryl methyl sites for hydroxylation is 1. The molecule has 0 saturated carbocycles. The second-order valence-corrected chi connectivity index (χ2v) is 7.14. The van der Waals surface area contributed by atoms with Gasteiger partial charge in [-0.2, -0.15) is 5.10 Å². The van der Waals surface area contributed by atoms with E-state index in [9.17, 15) is 9.18 Å². The van der Waals surface area contributed by atoms with E-state index in [0.29, 0.717) is 12.3 Å². The van der Waals surface area contributed by atoms with Gasteiger partial charge in [-0.05, 0) is 41.8 Å². The van der Waals surface area contributed by atoms with Crippen LogP contribution in [0.2, 0.25) is 0 Å². The summed E-state index contributed by atoms with van der Waals surface area (Å²) in [6.45, 7) is 0.428. The minimum absolute atomic E-state index is 0.0665. The molecule has 0 spiro atoms. The Balaban J connectivity index is 1.52. The minimum Gasteiger partial charge on any atom is -0.350 e. The fraction of sp³-hybridized carbons (Fsp3) is 0.176. The maximum atomic E-state index is 12.8. The molecule has 0 fully saturated rings. The molecule has 4 nitrogen and oxygen atoms in total. The van der Waals surface area contributed by atoms with Crippen LogP contribution in [-0.2, 0) is 18.4 Å². The second-order valence-electron chi connectivity index (χ2n) is 5.14. The van der Waals surface area contributed by atoms with Crippen molar-refractivity contribution in [3.05, 3.63) is 59.4 Å².